The van der Waals surface area contributed by atoms with E-state index in [1.54, 1.807) is 24.5 Å². The van der Waals surface area contributed by atoms with Gasteiger partial charge in [-0.2, -0.15) is 0 Å². The first kappa shape index (κ1) is 20.1. The molecule has 1 N–H and O–H groups in total. The molecule has 7 heteroatoms. The lowest BCUT2D eigenvalue weighted by molar-refractivity contribution is -0.132. The van der Waals surface area contributed by atoms with Gasteiger partial charge in [-0.25, -0.2) is 4.98 Å². The number of rotatable bonds is 7. The topological polar surface area (TPSA) is 80.1 Å². The van der Waals surface area contributed by atoms with Crippen molar-refractivity contribution < 1.29 is 9.59 Å². The summed E-state index contributed by atoms with van der Waals surface area (Å²) in [5.41, 5.74) is 2.44. The van der Waals surface area contributed by atoms with Crippen LogP contribution in [-0.4, -0.2) is 50.9 Å². The highest BCUT2D eigenvalue weighted by atomic mass is 16.2. The highest BCUT2D eigenvalue weighted by molar-refractivity contribution is 5.93. The van der Waals surface area contributed by atoms with Crippen LogP contribution in [0.4, 0.5) is 0 Å². The molecule has 0 aliphatic carbocycles. The molecule has 2 amide bonds. The number of fused-ring (bicyclic) bond motifs is 1. The van der Waals surface area contributed by atoms with Gasteiger partial charge < -0.3 is 14.8 Å². The molecule has 1 fully saturated rings. The highest BCUT2D eigenvalue weighted by Crippen LogP contribution is 2.18. The largest absolute Gasteiger partial charge is 0.352 e. The summed E-state index contributed by atoms with van der Waals surface area (Å²) in [7, 11) is 0. The Morgan fingerprint density at radius 1 is 1.03 bits per heavy atom. The number of benzene rings is 1. The van der Waals surface area contributed by atoms with Crippen LogP contribution in [0.3, 0.4) is 0 Å². The zero-order valence-electron chi connectivity index (χ0n) is 17.1. The molecule has 0 atom stereocenters. The van der Waals surface area contributed by atoms with E-state index in [1.807, 2.05) is 33.7 Å². The van der Waals surface area contributed by atoms with Gasteiger partial charge in [-0.3, -0.25) is 14.6 Å². The van der Waals surface area contributed by atoms with Crippen LogP contribution in [0.2, 0.25) is 0 Å². The molecule has 0 spiro atoms. The molecule has 1 aromatic carbocycles. The number of nitrogens with zero attached hydrogens (tertiary/aromatic N) is 4. The molecule has 0 bridgehead atoms. The molecule has 3 heterocycles. The molecule has 1 saturated heterocycles. The van der Waals surface area contributed by atoms with Gasteiger partial charge in [0, 0.05) is 38.4 Å². The number of para-hydroxylation sites is 2. The number of nitrogens with one attached hydrogen (secondary N) is 1. The van der Waals surface area contributed by atoms with Gasteiger partial charge in [0.05, 0.1) is 16.6 Å². The number of imidazole rings is 1. The summed E-state index contributed by atoms with van der Waals surface area (Å²) in [5.74, 6) is 0.915. The van der Waals surface area contributed by atoms with Crippen LogP contribution < -0.4 is 5.32 Å². The number of hydrogen-bond acceptors (Lipinski definition) is 4. The molecule has 1 aliphatic rings. The van der Waals surface area contributed by atoms with Crippen LogP contribution in [0.5, 0.6) is 0 Å². The summed E-state index contributed by atoms with van der Waals surface area (Å²) >= 11 is 0. The second-order valence-corrected chi connectivity index (χ2v) is 7.65. The average Bonchev–Trinajstić information content (AvgIpc) is 3.15. The third-order valence-corrected chi connectivity index (χ3v) is 5.52. The van der Waals surface area contributed by atoms with Crippen LogP contribution in [0, 0.1) is 0 Å². The van der Waals surface area contributed by atoms with E-state index >= 15 is 0 Å². The van der Waals surface area contributed by atoms with Gasteiger partial charge in [0.1, 0.15) is 12.4 Å². The Kier molecular flexibility index (Phi) is 6.37. The van der Waals surface area contributed by atoms with Gasteiger partial charge in [-0.05, 0) is 49.9 Å². The van der Waals surface area contributed by atoms with E-state index in [4.69, 9.17) is 4.98 Å². The van der Waals surface area contributed by atoms with Crippen LogP contribution in [0.1, 0.15) is 41.9 Å². The minimum Gasteiger partial charge on any atom is -0.352 e. The fraction of sp³-hybridized carbons (Fsp3) is 0.391. The second-order valence-electron chi connectivity index (χ2n) is 7.65. The predicted octanol–water partition coefficient (Wildman–Crippen LogP) is 2.81. The summed E-state index contributed by atoms with van der Waals surface area (Å²) in [6.45, 7) is 2.55. The zero-order chi connectivity index (χ0) is 20.8. The smallest absolute Gasteiger partial charge is 0.252 e. The SMILES string of the molecule is O=C(NCCCc1nc2ccccc2n1CC(=O)N1CCCCC1)c1cccnc1. The van der Waals surface area contributed by atoms with Crippen molar-refractivity contribution in [1.29, 1.82) is 0 Å². The Balaban J connectivity index is 1.41. The van der Waals surface area contributed by atoms with Crippen molar-refractivity contribution in [3.63, 3.8) is 0 Å². The summed E-state index contributed by atoms with van der Waals surface area (Å²) < 4.78 is 2.04. The highest BCUT2D eigenvalue weighted by Gasteiger charge is 2.19. The maximum absolute atomic E-state index is 12.9. The molecule has 0 radical (unpaired) electrons. The summed E-state index contributed by atoms with van der Waals surface area (Å²) in [5, 5.41) is 2.92. The monoisotopic (exact) mass is 405 g/mol. The number of aryl methyl sites for hydroxylation is 1. The number of carbonyl (C=O) groups excluding carboxylic acids is 2. The van der Waals surface area contributed by atoms with Crippen LogP contribution in [0.25, 0.3) is 11.0 Å². The Bertz CT molecular complexity index is 1010. The van der Waals surface area contributed by atoms with Gasteiger partial charge in [0.25, 0.3) is 5.91 Å². The Labute approximate surface area is 176 Å². The Hall–Kier alpha value is -3.22. The minimum atomic E-state index is -0.128. The first-order valence-electron chi connectivity index (χ1n) is 10.6. The van der Waals surface area contributed by atoms with Crippen molar-refractivity contribution >= 4 is 22.8 Å². The number of aromatic nitrogens is 3. The van der Waals surface area contributed by atoms with E-state index in [9.17, 15) is 9.59 Å². The maximum Gasteiger partial charge on any atom is 0.252 e. The van der Waals surface area contributed by atoms with Crippen LogP contribution >= 0.6 is 0 Å². The lowest BCUT2D eigenvalue weighted by Crippen LogP contribution is -2.38. The normalized spacial score (nSPS) is 14.1. The lowest BCUT2D eigenvalue weighted by Gasteiger charge is -2.27. The third-order valence-electron chi connectivity index (χ3n) is 5.52. The van der Waals surface area contributed by atoms with Crippen molar-refractivity contribution in [2.75, 3.05) is 19.6 Å². The fourth-order valence-corrected chi connectivity index (χ4v) is 3.92. The van der Waals surface area contributed by atoms with E-state index in [-0.39, 0.29) is 11.8 Å². The van der Waals surface area contributed by atoms with Crippen molar-refractivity contribution in [3.05, 3.63) is 60.2 Å². The molecule has 2 aromatic heterocycles. The van der Waals surface area contributed by atoms with Gasteiger partial charge in [0.15, 0.2) is 0 Å². The predicted molar refractivity (Wildman–Crippen MR) is 115 cm³/mol. The van der Waals surface area contributed by atoms with Crippen molar-refractivity contribution in [2.45, 2.75) is 38.6 Å². The van der Waals surface area contributed by atoms with E-state index in [1.165, 1.54) is 6.42 Å². The molecule has 3 aromatic rings. The van der Waals surface area contributed by atoms with Crippen LogP contribution in [0.15, 0.2) is 48.8 Å². The Morgan fingerprint density at radius 3 is 2.67 bits per heavy atom. The maximum atomic E-state index is 12.9. The first-order valence-corrected chi connectivity index (χ1v) is 10.6. The molecule has 30 heavy (non-hydrogen) atoms. The Morgan fingerprint density at radius 2 is 1.87 bits per heavy atom. The number of amides is 2. The lowest BCUT2D eigenvalue weighted by atomic mass is 10.1. The third kappa shape index (κ3) is 4.67. The molecular formula is C23H27N5O2. The van der Waals surface area contributed by atoms with E-state index in [0.29, 0.717) is 25.1 Å². The molecule has 4 rings (SSSR count). The average molecular weight is 406 g/mol. The fourth-order valence-electron chi connectivity index (χ4n) is 3.92. The van der Waals surface area contributed by atoms with Gasteiger partial charge in [-0.15, -0.1) is 0 Å². The number of piperidine rings is 1. The van der Waals surface area contributed by atoms with Crippen LogP contribution in [-0.2, 0) is 17.8 Å². The molecule has 7 nitrogen and oxygen atoms in total. The first-order chi connectivity index (χ1) is 14.7. The number of carbonyl (C=O) groups is 2. The minimum absolute atomic E-state index is 0.128. The molecule has 0 saturated carbocycles. The zero-order valence-corrected chi connectivity index (χ0v) is 17.1. The number of likely N-dealkylation sites (tertiary alicyclic amines) is 1. The summed E-state index contributed by atoms with van der Waals surface area (Å²) in [6, 6.07) is 11.4. The van der Waals surface area contributed by atoms with Gasteiger partial charge in [-0.1, -0.05) is 12.1 Å². The van der Waals surface area contributed by atoms with Crippen molar-refractivity contribution in [2.24, 2.45) is 0 Å². The number of hydrogen-bond donors (Lipinski definition) is 1. The molecule has 0 unspecified atom stereocenters. The van der Waals surface area contributed by atoms with E-state index in [0.717, 1.165) is 49.2 Å². The van der Waals surface area contributed by atoms with Gasteiger partial charge in [0.2, 0.25) is 5.91 Å². The summed E-state index contributed by atoms with van der Waals surface area (Å²) in [4.78, 5) is 35.7. The molecule has 1 aliphatic heterocycles. The van der Waals surface area contributed by atoms with Gasteiger partial charge >= 0.3 is 0 Å². The van der Waals surface area contributed by atoms with Crippen molar-refractivity contribution in [3.8, 4) is 0 Å². The van der Waals surface area contributed by atoms with E-state index in [2.05, 4.69) is 10.3 Å². The molecule has 156 valence electrons. The molecular weight excluding hydrogens is 378 g/mol. The number of pyridine rings is 1. The standard InChI is InChI=1S/C23H27N5O2/c29-22(27-14-4-1-5-15-27)17-28-20-10-3-2-9-19(20)26-21(28)11-7-13-25-23(30)18-8-6-12-24-16-18/h2-3,6,8-10,12,16H,1,4-5,7,11,13-15,17H2,(H,25,30). The summed E-state index contributed by atoms with van der Waals surface area (Å²) in [6.07, 6.45) is 8.00. The quantitative estimate of drug-likeness (QED) is 0.613. The van der Waals surface area contributed by atoms with Crippen molar-refractivity contribution in [1.82, 2.24) is 24.8 Å². The van der Waals surface area contributed by atoms with E-state index < -0.39 is 0 Å². The second kappa shape index (κ2) is 9.52.